The lowest BCUT2D eigenvalue weighted by molar-refractivity contribution is 0.109. The molecule has 4 heteroatoms. The van der Waals surface area contributed by atoms with E-state index in [2.05, 4.69) is 44.9 Å². The third kappa shape index (κ3) is 11.3. The normalized spacial score (nSPS) is 13.2. The summed E-state index contributed by atoms with van der Waals surface area (Å²) in [4.78, 5) is 4.23. The molecule has 0 amide bonds. The zero-order chi connectivity index (χ0) is 12.6. The van der Waals surface area contributed by atoms with E-state index in [4.69, 9.17) is 10.5 Å². The Labute approximate surface area is 99.7 Å². The molecule has 0 aromatic heterocycles. The average Bonchev–Trinajstić information content (AvgIpc) is 2.07. The van der Waals surface area contributed by atoms with Crippen molar-refractivity contribution in [2.24, 2.45) is 16.6 Å². The van der Waals surface area contributed by atoms with Gasteiger partial charge in [0, 0.05) is 25.3 Å². The van der Waals surface area contributed by atoms with Gasteiger partial charge in [-0.25, -0.2) is 0 Å². The first kappa shape index (κ1) is 15.2. The number of hydrogen-bond acceptors (Lipinski definition) is 2. The van der Waals surface area contributed by atoms with E-state index in [0.29, 0.717) is 18.4 Å². The summed E-state index contributed by atoms with van der Waals surface area (Å²) in [6.45, 7) is 12.7. The molecular weight excluding hydrogens is 202 g/mol. The highest BCUT2D eigenvalue weighted by atomic mass is 16.5. The predicted octanol–water partition coefficient (Wildman–Crippen LogP) is 1.75. The molecule has 96 valence electrons. The van der Waals surface area contributed by atoms with Gasteiger partial charge in [0.2, 0.25) is 0 Å². The van der Waals surface area contributed by atoms with Gasteiger partial charge in [0.05, 0.1) is 0 Å². The minimum Gasteiger partial charge on any atom is -0.381 e. The molecule has 0 saturated heterocycles. The summed E-state index contributed by atoms with van der Waals surface area (Å²) in [6, 6.07) is 0. The summed E-state index contributed by atoms with van der Waals surface area (Å²) in [5.74, 6) is 1.10. The van der Waals surface area contributed by atoms with Gasteiger partial charge in [0.15, 0.2) is 5.96 Å². The van der Waals surface area contributed by atoms with E-state index in [-0.39, 0.29) is 5.54 Å². The van der Waals surface area contributed by atoms with Crippen molar-refractivity contribution in [2.45, 2.75) is 46.6 Å². The van der Waals surface area contributed by atoms with Crippen molar-refractivity contribution in [2.75, 3.05) is 19.8 Å². The van der Waals surface area contributed by atoms with E-state index >= 15 is 0 Å². The molecule has 0 radical (unpaired) electrons. The molecule has 0 aliphatic rings. The number of aliphatic imine (C=N–C) groups is 1. The summed E-state index contributed by atoms with van der Waals surface area (Å²) in [5, 5.41) is 3.12. The van der Waals surface area contributed by atoms with Crippen LogP contribution in [-0.2, 0) is 4.74 Å². The third-order valence-electron chi connectivity index (χ3n) is 1.68. The fourth-order valence-corrected chi connectivity index (χ4v) is 1.11. The first-order valence-electron chi connectivity index (χ1n) is 5.97. The van der Waals surface area contributed by atoms with Crippen LogP contribution in [-0.4, -0.2) is 31.3 Å². The zero-order valence-electron chi connectivity index (χ0n) is 11.3. The number of nitrogens with one attached hydrogen (secondary N) is 1. The molecule has 0 saturated carbocycles. The number of guanidine groups is 1. The summed E-state index contributed by atoms with van der Waals surface area (Å²) in [5.41, 5.74) is 5.69. The van der Waals surface area contributed by atoms with Gasteiger partial charge in [-0.05, 0) is 33.1 Å². The van der Waals surface area contributed by atoms with Gasteiger partial charge < -0.3 is 15.8 Å². The smallest absolute Gasteiger partial charge is 0.188 e. The maximum atomic E-state index is 5.72. The maximum Gasteiger partial charge on any atom is 0.188 e. The molecule has 0 bridgehead atoms. The molecule has 16 heavy (non-hydrogen) atoms. The number of hydrogen-bond donors (Lipinski definition) is 2. The molecule has 4 nitrogen and oxygen atoms in total. The van der Waals surface area contributed by atoms with Crippen LogP contribution < -0.4 is 11.1 Å². The average molecular weight is 229 g/mol. The van der Waals surface area contributed by atoms with Crippen molar-refractivity contribution < 1.29 is 4.74 Å². The van der Waals surface area contributed by atoms with Crippen LogP contribution in [0, 0.1) is 5.92 Å². The van der Waals surface area contributed by atoms with Crippen molar-refractivity contribution in [1.29, 1.82) is 0 Å². The minimum atomic E-state index is -0.0261. The molecule has 0 fully saturated rings. The van der Waals surface area contributed by atoms with E-state index in [1.54, 1.807) is 0 Å². The van der Waals surface area contributed by atoms with E-state index < -0.39 is 0 Å². The molecule has 3 N–H and O–H groups in total. The van der Waals surface area contributed by atoms with Crippen LogP contribution in [0.25, 0.3) is 0 Å². The van der Waals surface area contributed by atoms with Crippen LogP contribution in [0.1, 0.15) is 41.0 Å². The van der Waals surface area contributed by atoms with Gasteiger partial charge in [0.1, 0.15) is 0 Å². The molecule has 0 atom stereocenters. The lowest BCUT2D eigenvalue weighted by Gasteiger charge is -2.20. The first-order chi connectivity index (χ1) is 7.31. The van der Waals surface area contributed by atoms with Gasteiger partial charge >= 0.3 is 0 Å². The minimum absolute atomic E-state index is 0.0261. The van der Waals surface area contributed by atoms with Crippen LogP contribution in [0.3, 0.4) is 0 Å². The molecule has 0 aliphatic heterocycles. The standard InChI is InChI=1S/C12H27N3O/c1-10(2)9-16-8-6-7-14-11(13)15-12(3,4)5/h10H,6-9H2,1-5H3,(H3,13,14,15). The molecule has 0 aliphatic carbocycles. The lowest BCUT2D eigenvalue weighted by Crippen LogP contribution is -2.45. The fourth-order valence-electron chi connectivity index (χ4n) is 1.11. The van der Waals surface area contributed by atoms with Crippen molar-refractivity contribution >= 4 is 5.96 Å². The number of rotatable bonds is 6. The summed E-state index contributed by atoms with van der Waals surface area (Å²) in [6.07, 6.45) is 0.916. The molecule has 0 aromatic carbocycles. The van der Waals surface area contributed by atoms with Crippen molar-refractivity contribution in [3.63, 3.8) is 0 Å². The van der Waals surface area contributed by atoms with Crippen LogP contribution >= 0.6 is 0 Å². The van der Waals surface area contributed by atoms with Crippen molar-refractivity contribution in [3.05, 3.63) is 0 Å². The van der Waals surface area contributed by atoms with E-state index in [9.17, 15) is 0 Å². The summed E-state index contributed by atoms with van der Waals surface area (Å²) < 4.78 is 5.45. The third-order valence-corrected chi connectivity index (χ3v) is 1.68. The van der Waals surface area contributed by atoms with E-state index in [1.165, 1.54) is 0 Å². The second-order valence-electron chi connectivity index (χ2n) is 5.46. The van der Waals surface area contributed by atoms with Crippen molar-refractivity contribution in [1.82, 2.24) is 5.32 Å². The first-order valence-corrected chi connectivity index (χ1v) is 5.97. The van der Waals surface area contributed by atoms with Crippen LogP contribution in [0.2, 0.25) is 0 Å². The van der Waals surface area contributed by atoms with Crippen LogP contribution in [0.4, 0.5) is 0 Å². The fraction of sp³-hybridized carbons (Fsp3) is 0.917. The maximum absolute atomic E-state index is 5.72. The van der Waals surface area contributed by atoms with Crippen LogP contribution in [0.5, 0.6) is 0 Å². The van der Waals surface area contributed by atoms with Gasteiger partial charge in [-0.3, -0.25) is 4.99 Å². The number of nitrogens with two attached hydrogens (primary N) is 1. The topological polar surface area (TPSA) is 59.6 Å². The number of nitrogens with zero attached hydrogens (tertiary/aromatic N) is 1. The van der Waals surface area contributed by atoms with E-state index in [0.717, 1.165) is 19.6 Å². The molecule has 0 rings (SSSR count). The second-order valence-corrected chi connectivity index (χ2v) is 5.46. The highest BCUT2D eigenvalue weighted by Crippen LogP contribution is 1.97. The SMILES string of the molecule is CC(C)COCCCN=C(N)NC(C)(C)C. The monoisotopic (exact) mass is 229 g/mol. The largest absolute Gasteiger partial charge is 0.381 e. The van der Waals surface area contributed by atoms with E-state index in [1.807, 2.05) is 0 Å². The Morgan fingerprint density at radius 3 is 2.50 bits per heavy atom. The molecular formula is C12H27N3O. The Morgan fingerprint density at radius 1 is 1.38 bits per heavy atom. The summed E-state index contributed by atoms with van der Waals surface area (Å²) >= 11 is 0. The highest BCUT2D eigenvalue weighted by Gasteiger charge is 2.09. The highest BCUT2D eigenvalue weighted by molar-refractivity contribution is 5.78. The number of ether oxygens (including phenoxy) is 1. The predicted molar refractivity (Wildman–Crippen MR) is 69.7 cm³/mol. The Morgan fingerprint density at radius 2 is 2.00 bits per heavy atom. The van der Waals surface area contributed by atoms with Gasteiger partial charge in [-0.2, -0.15) is 0 Å². The Balaban J connectivity index is 3.52. The molecule has 0 unspecified atom stereocenters. The molecule has 0 spiro atoms. The second kappa shape index (κ2) is 7.49. The quantitative estimate of drug-likeness (QED) is 0.414. The Bertz CT molecular complexity index is 207. The molecule has 0 aromatic rings. The Kier molecular flexibility index (Phi) is 7.13. The zero-order valence-corrected chi connectivity index (χ0v) is 11.3. The lowest BCUT2D eigenvalue weighted by atomic mass is 10.1. The summed E-state index contributed by atoms with van der Waals surface area (Å²) in [7, 11) is 0. The van der Waals surface area contributed by atoms with Gasteiger partial charge in [-0.1, -0.05) is 13.8 Å². The Hall–Kier alpha value is -0.770. The van der Waals surface area contributed by atoms with Gasteiger partial charge in [-0.15, -0.1) is 0 Å². The van der Waals surface area contributed by atoms with Gasteiger partial charge in [0.25, 0.3) is 0 Å². The van der Waals surface area contributed by atoms with Crippen LogP contribution in [0.15, 0.2) is 4.99 Å². The van der Waals surface area contributed by atoms with Crippen molar-refractivity contribution in [3.8, 4) is 0 Å². The molecule has 0 heterocycles.